The molecular weight excluding hydrogens is 304 g/mol. The van der Waals surface area contributed by atoms with Crippen LogP contribution in [0.4, 0.5) is 0 Å². The first-order valence-electron chi connectivity index (χ1n) is 6.88. The van der Waals surface area contributed by atoms with Gasteiger partial charge in [0, 0.05) is 30.7 Å². The summed E-state index contributed by atoms with van der Waals surface area (Å²) in [6.45, 7) is 4.86. The predicted molar refractivity (Wildman–Crippen MR) is 82.3 cm³/mol. The molecule has 1 saturated heterocycles. The van der Waals surface area contributed by atoms with Crippen molar-refractivity contribution in [1.29, 1.82) is 0 Å². The van der Waals surface area contributed by atoms with E-state index < -0.39 is 0 Å². The monoisotopic (exact) mass is 326 g/mol. The van der Waals surface area contributed by atoms with Crippen LogP contribution in [0.2, 0.25) is 0 Å². The number of nitrogens with zero attached hydrogens (tertiary/aromatic N) is 1. The van der Waals surface area contributed by atoms with E-state index >= 15 is 0 Å². The molecule has 0 saturated carbocycles. The maximum Gasteiger partial charge on any atom is 0.0698 e. The number of hydrogen-bond acceptors (Lipinski definition) is 3. The SMILES string of the molecule is COC1CCCN(C(CN)c2ccc(Br)c(C)c2)C1. The van der Waals surface area contributed by atoms with Gasteiger partial charge in [0.25, 0.3) is 0 Å². The van der Waals surface area contributed by atoms with Gasteiger partial charge in [-0.05, 0) is 43.5 Å². The minimum atomic E-state index is 0.296. The van der Waals surface area contributed by atoms with Crippen molar-refractivity contribution in [3.05, 3.63) is 33.8 Å². The third-order valence-electron chi connectivity index (χ3n) is 3.97. The quantitative estimate of drug-likeness (QED) is 0.924. The number of rotatable bonds is 4. The normalized spacial score (nSPS) is 22.4. The van der Waals surface area contributed by atoms with Crippen LogP contribution in [0.5, 0.6) is 0 Å². The summed E-state index contributed by atoms with van der Waals surface area (Å²) in [5, 5.41) is 0. The summed E-state index contributed by atoms with van der Waals surface area (Å²) in [5.74, 6) is 0. The van der Waals surface area contributed by atoms with Crippen LogP contribution in [-0.2, 0) is 4.74 Å². The molecule has 0 aliphatic carbocycles. The lowest BCUT2D eigenvalue weighted by atomic mass is 9.99. The summed E-state index contributed by atoms with van der Waals surface area (Å²) in [6.07, 6.45) is 2.69. The minimum absolute atomic E-state index is 0.296. The molecule has 106 valence electrons. The Labute approximate surface area is 124 Å². The molecule has 0 aromatic heterocycles. The van der Waals surface area contributed by atoms with Crippen molar-refractivity contribution in [1.82, 2.24) is 4.90 Å². The molecule has 0 amide bonds. The van der Waals surface area contributed by atoms with Crippen molar-refractivity contribution in [2.45, 2.75) is 31.9 Å². The summed E-state index contributed by atoms with van der Waals surface area (Å²) < 4.78 is 6.66. The number of halogens is 1. The second kappa shape index (κ2) is 6.84. The number of hydrogen-bond donors (Lipinski definition) is 1. The van der Waals surface area contributed by atoms with E-state index in [1.165, 1.54) is 17.5 Å². The molecule has 1 heterocycles. The Morgan fingerprint density at radius 2 is 2.32 bits per heavy atom. The zero-order chi connectivity index (χ0) is 13.8. The molecule has 0 bridgehead atoms. The third-order valence-corrected chi connectivity index (χ3v) is 4.86. The highest BCUT2D eigenvalue weighted by Crippen LogP contribution is 2.27. The predicted octanol–water partition coefficient (Wildman–Crippen LogP) is 2.87. The number of ether oxygens (including phenoxy) is 1. The van der Waals surface area contributed by atoms with Crippen molar-refractivity contribution in [2.75, 3.05) is 26.7 Å². The lowest BCUT2D eigenvalue weighted by Crippen LogP contribution is -2.43. The number of piperidine rings is 1. The largest absolute Gasteiger partial charge is 0.380 e. The number of benzene rings is 1. The summed E-state index contributed by atoms with van der Waals surface area (Å²) in [6, 6.07) is 6.82. The van der Waals surface area contributed by atoms with Crippen molar-refractivity contribution >= 4 is 15.9 Å². The van der Waals surface area contributed by atoms with E-state index in [1.807, 2.05) is 0 Å². The standard InChI is InChI=1S/C15H23BrN2O/c1-11-8-12(5-6-14(11)16)15(9-17)18-7-3-4-13(10-18)19-2/h5-6,8,13,15H,3-4,7,9-10,17H2,1-2H3. The smallest absolute Gasteiger partial charge is 0.0698 e. The Morgan fingerprint density at radius 1 is 1.53 bits per heavy atom. The van der Waals surface area contributed by atoms with E-state index in [-0.39, 0.29) is 0 Å². The number of aryl methyl sites for hydroxylation is 1. The van der Waals surface area contributed by atoms with E-state index in [2.05, 4.69) is 46.0 Å². The van der Waals surface area contributed by atoms with Crippen LogP contribution in [0.1, 0.15) is 30.0 Å². The molecule has 19 heavy (non-hydrogen) atoms. The molecule has 1 fully saturated rings. The fourth-order valence-electron chi connectivity index (χ4n) is 2.81. The Hall–Kier alpha value is -0.420. The highest BCUT2D eigenvalue weighted by Gasteiger charge is 2.26. The molecule has 2 atom stereocenters. The van der Waals surface area contributed by atoms with Crippen molar-refractivity contribution in [3.8, 4) is 0 Å². The lowest BCUT2D eigenvalue weighted by Gasteiger charge is -2.37. The van der Waals surface area contributed by atoms with E-state index in [0.29, 0.717) is 18.7 Å². The molecule has 2 unspecified atom stereocenters. The molecule has 0 spiro atoms. The van der Waals surface area contributed by atoms with Gasteiger partial charge < -0.3 is 10.5 Å². The molecule has 2 N–H and O–H groups in total. The van der Waals surface area contributed by atoms with Crippen LogP contribution in [0.25, 0.3) is 0 Å². The number of likely N-dealkylation sites (tertiary alicyclic amines) is 1. The molecule has 3 nitrogen and oxygen atoms in total. The Kier molecular flexibility index (Phi) is 5.39. The van der Waals surface area contributed by atoms with Crippen LogP contribution >= 0.6 is 15.9 Å². The maximum atomic E-state index is 6.02. The van der Waals surface area contributed by atoms with Gasteiger partial charge in [-0.2, -0.15) is 0 Å². The highest BCUT2D eigenvalue weighted by molar-refractivity contribution is 9.10. The number of methoxy groups -OCH3 is 1. The summed E-state index contributed by atoms with van der Waals surface area (Å²) in [4.78, 5) is 2.46. The highest BCUT2D eigenvalue weighted by atomic mass is 79.9. The molecule has 2 rings (SSSR count). The van der Waals surface area contributed by atoms with Gasteiger partial charge in [0.1, 0.15) is 0 Å². The third kappa shape index (κ3) is 3.57. The van der Waals surface area contributed by atoms with Gasteiger partial charge in [-0.1, -0.05) is 28.1 Å². The molecule has 0 radical (unpaired) electrons. The first-order chi connectivity index (χ1) is 9.15. The molecule has 4 heteroatoms. The van der Waals surface area contributed by atoms with Crippen LogP contribution in [0.15, 0.2) is 22.7 Å². The zero-order valence-corrected chi connectivity index (χ0v) is 13.3. The average Bonchev–Trinajstić information content (AvgIpc) is 2.44. The molecule has 1 aliphatic heterocycles. The van der Waals surface area contributed by atoms with Crippen LogP contribution in [0.3, 0.4) is 0 Å². The van der Waals surface area contributed by atoms with E-state index in [9.17, 15) is 0 Å². The van der Waals surface area contributed by atoms with Crippen molar-refractivity contribution in [2.24, 2.45) is 5.73 Å². The van der Waals surface area contributed by atoms with Gasteiger partial charge >= 0.3 is 0 Å². The summed E-state index contributed by atoms with van der Waals surface area (Å²) in [7, 11) is 1.80. The van der Waals surface area contributed by atoms with E-state index in [4.69, 9.17) is 10.5 Å². The fraction of sp³-hybridized carbons (Fsp3) is 0.600. The second-order valence-corrected chi connectivity index (χ2v) is 6.11. The van der Waals surface area contributed by atoms with Gasteiger partial charge in [0.15, 0.2) is 0 Å². The number of nitrogens with two attached hydrogens (primary N) is 1. The zero-order valence-electron chi connectivity index (χ0n) is 11.7. The van der Waals surface area contributed by atoms with Gasteiger partial charge in [0.05, 0.1) is 6.10 Å². The Balaban J connectivity index is 2.16. The van der Waals surface area contributed by atoms with Gasteiger partial charge in [-0.3, -0.25) is 4.90 Å². The molecule has 1 aliphatic rings. The van der Waals surface area contributed by atoms with Crippen LogP contribution < -0.4 is 5.73 Å². The fourth-order valence-corrected chi connectivity index (χ4v) is 3.06. The van der Waals surface area contributed by atoms with Gasteiger partial charge in [-0.25, -0.2) is 0 Å². The van der Waals surface area contributed by atoms with Crippen LogP contribution in [-0.4, -0.2) is 37.7 Å². The van der Waals surface area contributed by atoms with Gasteiger partial charge in [0.2, 0.25) is 0 Å². The topological polar surface area (TPSA) is 38.5 Å². The summed E-state index contributed by atoms with van der Waals surface area (Å²) >= 11 is 3.55. The molecular formula is C15H23BrN2O. The molecule has 1 aromatic rings. The Morgan fingerprint density at radius 3 is 2.95 bits per heavy atom. The van der Waals surface area contributed by atoms with Crippen LogP contribution in [0, 0.1) is 6.92 Å². The second-order valence-electron chi connectivity index (χ2n) is 5.25. The lowest BCUT2D eigenvalue weighted by molar-refractivity contribution is 0.0155. The average molecular weight is 327 g/mol. The Bertz CT molecular complexity index is 425. The first-order valence-corrected chi connectivity index (χ1v) is 7.68. The first kappa shape index (κ1) is 15.0. The van der Waals surface area contributed by atoms with Gasteiger partial charge in [-0.15, -0.1) is 0 Å². The van der Waals surface area contributed by atoms with Crippen molar-refractivity contribution < 1.29 is 4.74 Å². The van der Waals surface area contributed by atoms with Crippen molar-refractivity contribution in [3.63, 3.8) is 0 Å². The van der Waals surface area contributed by atoms with E-state index in [0.717, 1.165) is 24.0 Å². The van der Waals surface area contributed by atoms with E-state index in [1.54, 1.807) is 7.11 Å². The molecule has 1 aromatic carbocycles. The minimum Gasteiger partial charge on any atom is -0.380 e. The summed E-state index contributed by atoms with van der Waals surface area (Å²) in [5.41, 5.74) is 8.58. The maximum absolute atomic E-state index is 6.02.